The summed E-state index contributed by atoms with van der Waals surface area (Å²) in [5.74, 6) is 2.48. The summed E-state index contributed by atoms with van der Waals surface area (Å²) in [6, 6.07) is 12.2. The maximum atomic E-state index is 13.4. The number of aromatic nitrogens is 2. The van der Waals surface area contributed by atoms with Gasteiger partial charge in [-0.3, -0.25) is 9.69 Å². The Bertz CT molecular complexity index is 855. The molecule has 2 aliphatic heterocycles. The maximum absolute atomic E-state index is 13.4. The number of amides is 1. The van der Waals surface area contributed by atoms with Crippen LogP contribution in [-0.4, -0.2) is 64.9 Å². The summed E-state index contributed by atoms with van der Waals surface area (Å²) in [6.07, 6.45) is 2.23. The number of aryl methyl sites for hydroxylation is 1. The van der Waals surface area contributed by atoms with Gasteiger partial charge in [0.05, 0.1) is 0 Å². The van der Waals surface area contributed by atoms with Crippen molar-refractivity contribution in [3.63, 3.8) is 0 Å². The van der Waals surface area contributed by atoms with Crippen molar-refractivity contribution in [2.75, 3.05) is 44.2 Å². The van der Waals surface area contributed by atoms with Gasteiger partial charge in [-0.2, -0.15) is 0 Å². The number of nitrogens with zero attached hydrogens (tertiary/aromatic N) is 5. The van der Waals surface area contributed by atoms with Gasteiger partial charge < -0.3 is 9.80 Å². The van der Waals surface area contributed by atoms with E-state index in [4.69, 9.17) is 4.98 Å². The van der Waals surface area contributed by atoms with Gasteiger partial charge in [-0.1, -0.05) is 44.2 Å². The minimum Gasteiger partial charge on any atom is -0.354 e. The lowest BCUT2D eigenvalue weighted by Gasteiger charge is -2.40. The smallest absolute Gasteiger partial charge is 0.244 e. The van der Waals surface area contributed by atoms with Gasteiger partial charge in [0.2, 0.25) is 5.91 Å². The summed E-state index contributed by atoms with van der Waals surface area (Å²) < 4.78 is 0. The fraction of sp³-hybridized carbons (Fsp3) is 0.542. The number of hydrogen-bond acceptors (Lipinski definition) is 5. The molecular formula is C24H33N5O. The van der Waals surface area contributed by atoms with Gasteiger partial charge in [0, 0.05) is 56.9 Å². The normalized spacial score (nSPS) is 18.8. The summed E-state index contributed by atoms with van der Waals surface area (Å²) in [4.78, 5) is 29.5. The van der Waals surface area contributed by atoms with Crippen LogP contribution in [0, 0.1) is 6.92 Å². The molecule has 1 amide bonds. The molecule has 0 radical (unpaired) electrons. The van der Waals surface area contributed by atoms with Crippen molar-refractivity contribution < 1.29 is 4.79 Å². The zero-order valence-electron chi connectivity index (χ0n) is 18.4. The molecule has 0 spiro atoms. The number of carbonyl (C=O) groups excluding carboxylic acids is 1. The number of benzene rings is 1. The fourth-order valence-corrected chi connectivity index (χ4v) is 4.46. The number of rotatable bonds is 5. The molecular weight excluding hydrogens is 374 g/mol. The van der Waals surface area contributed by atoms with E-state index in [-0.39, 0.29) is 11.9 Å². The second kappa shape index (κ2) is 9.13. The Morgan fingerprint density at radius 3 is 2.23 bits per heavy atom. The van der Waals surface area contributed by atoms with Crippen LogP contribution in [-0.2, 0) is 4.79 Å². The molecule has 0 unspecified atom stereocenters. The van der Waals surface area contributed by atoms with Crippen LogP contribution in [0.3, 0.4) is 0 Å². The summed E-state index contributed by atoms with van der Waals surface area (Å²) >= 11 is 0. The van der Waals surface area contributed by atoms with E-state index in [0.29, 0.717) is 5.92 Å². The first-order valence-electron chi connectivity index (χ1n) is 11.2. The van der Waals surface area contributed by atoms with Crippen LogP contribution >= 0.6 is 0 Å². The highest BCUT2D eigenvalue weighted by Gasteiger charge is 2.34. The van der Waals surface area contributed by atoms with Crippen LogP contribution in [0.2, 0.25) is 0 Å². The third kappa shape index (κ3) is 4.48. The van der Waals surface area contributed by atoms with Crippen LogP contribution in [0.4, 0.5) is 5.82 Å². The first-order chi connectivity index (χ1) is 14.5. The Morgan fingerprint density at radius 1 is 0.933 bits per heavy atom. The van der Waals surface area contributed by atoms with Crippen LogP contribution < -0.4 is 4.90 Å². The standard InChI is InChI=1S/C24H33N5O/c1-18(2)23-25-19(3)17-21(26-23)27-13-15-28(16-14-27)22(20-9-5-4-6-10-20)24(30)29-11-7-8-12-29/h4-6,9-10,17-18,22H,7-8,11-16H2,1-3H3/t22-/m0/s1. The van der Waals surface area contributed by atoms with Crippen LogP contribution in [0.5, 0.6) is 0 Å². The zero-order valence-corrected chi connectivity index (χ0v) is 18.4. The van der Waals surface area contributed by atoms with E-state index >= 15 is 0 Å². The van der Waals surface area contributed by atoms with E-state index in [0.717, 1.165) is 75.0 Å². The monoisotopic (exact) mass is 407 g/mol. The predicted molar refractivity (Wildman–Crippen MR) is 120 cm³/mol. The average Bonchev–Trinajstić information content (AvgIpc) is 3.30. The highest BCUT2D eigenvalue weighted by Crippen LogP contribution is 2.27. The third-order valence-electron chi connectivity index (χ3n) is 6.14. The molecule has 1 atom stereocenters. The predicted octanol–water partition coefficient (Wildman–Crippen LogP) is 3.39. The molecule has 30 heavy (non-hydrogen) atoms. The van der Waals surface area contributed by atoms with E-state index in [1.54, 1.807) is 0 Å². The molecule has 2 fully saturated rings. The second-order valence-electron chi connectivity index (χ2n) is 8.75. The molecule has 0 bridgehead atoms. The highest BCUT2D eigenvalue weighted by atomic mass is 16.2. The van der Waals surface area contributed by atoms with Crippen molar-refractivity contribution in [2.24, 2.45) is 0 Å². The number of anilines is 1. The fourth-order valence-electron chi connectivity index (χ4n) is 4.46. The van der Waals surface area contributed by atoms with Crippen LogP contribution in [0.25, 0.3) is 0 Å². The van der Waals surface area contributed by atoms with Gasteiger partial charge >= 0.3 is 0 Å². The lowest BCUT2D eigenvalue weighted by atomic mass is 10.0. The summed E-state index contributed by atoms with van der Waals surface area (Å²) in [5, 5.41) is 0. The largest absolute Gasteiger partial charge is 0.354 e. The molecule has 160 valence electrons. The minimum atomic E-state index is -0.190. The van der Waals surface area contributed by atoms with E-state index < -0.39 is 0 Å². The summed E-state index contributed by atoms with van der Waals surface area (Å²) in [6.45, 7) is 11.5. The van der Waals surface area contributed by atoms with Crippen molar-refractivity contribution in [3.05, 3.63) is 53.5 Å². The van der Waals surface area contributed by atoms with Gasteiger partial charge in [0.1, 0.15) is 17.7 Å². The second-order valence-corrected chi connectivity index (χ2v) is 8.75. The van der Waals surface area contributed by atoms with Gasteiger partial charge in [-0.25, -0.2) is 9.97 Å². The van der Waals surface area contributed by atoms with Crippen molar-refractivity contribution in [3.8, 4) is 0 Å². The Morgan fingerprint density at radius 2 is 1.60 bits per heavy atom. The molecule has 6 heteroatoms. The quantitative estimate of drug-likeness (QED) is 0.760. The number of piperazine rings is 1. The molecule has 6 nitrogen and oxygen atoms in total. The molecule has 3 heterocycles. The van der Waals surface area contributed by atoms with Gasteiger partial charge in [0.25, 0.3) is 0 Å². The van der Waals surface area contributed by atoms with E-state index in [9.17, 15) is 4.79 Å². The first-order valence-corrected chi connectivity index (χ1v) is 11.2. The molecule has 0 aliphatic carbocycles. The molecule has 0 saturated carbocycles. The van der Waals surface area contributed by atoms with Gasteiger partial charge in [-0.05, 0) is 25.3 Å². The SMILES string of the molecule is Cc1cc(N2CCN([C@H](C(=O)N3CCCC3)c3ccccc3)CC2)nc(C(C)C)n1. The topological polar surface area (TPSA) is 52.6 Å². The van der Waals surface area contributed by atoms with Crippen LogP contribution in [0.1, 0.15) is 55.7 Å². The lowest BCUT2D eigenvalue weighted by Crippen LogP contribution is -2.51. The summed E-state index contributed by atoms with van der Waals surface area (Å²) in [7, 11) is 0. The van der Waals surface area contributed by atoms with Crippen LogP contribution in [0.15, 0.2) is 36.4 Å². The van der Waals surface area contributed by atoms with Crippen molar-refractivity contribution in [1.29, 1.82) is 0 Å². The van der Waals surface area contributed by atoms with Gasteiger partial charge in [0.15, 0.2) is 0 Å². The molecule has 2 aromatic rings. The Kier molecular flexibility index (Phi) is 6.32. The lowest BCUT2D eigenvalue weighted by molar-refractivity contribution is -0.136. The number of likely N-dealkylation sites (tertiary alicyclic amines) is 1. The summed E-state index contributed by atoms with van der Waals surface area (Å²) in [5.41, 5.74) is 2.11. The Balaban J connectivity index is 1.51. The third-order valence-corrected chi connectivity index (χ3v) is 6.14. The Labute approximate surface area is 179 Å². The molecule has 0 N–H and O–H groups in total. The highest BCUT2D eigenvalue weighted by molar-refractivity contribution is 5.83. The zero-order chi connectivity index (χ0) is 21.1. The van der Waals surface area contributed by atoms with Crippen molar-refractivity contribution in [2.45, 2.75) is 45.6 Å². The molecule has 2 saturated heterocycles. The molecule has 2 aliphatic rings. The van der Waals surface area contributed by atoms with E-state index in [1.165, 1.54) is 0 Å². The molecule has 1 aromatic carbocycles. The van der Waals surface area contributed by atoms with Gasteiger partial charge in [-0.15, -0.1) is 0 Å². The molecule has 4 rings (SSSR count). The first kappa shape index (κ1) is 20.8. The Hall–Kier alpha value is -2.47. The average molecular weight is 408 g/mol. The molecule has 1 aromatic heterocycles. The van der Waals surface area contributed by atoms with E-state index in [2.05, 4.69) is 46.8 Å². The maximum Gasteiger partial charge on any atom is 0.244 e. The number of hydrogen-bond donors (Lipinski definition) is 0. The number of carbonyl (C=O) groups is 1. The van der Waals surface area contributed by atoms with E-state index in [1.807, 2.05) is 30.0 Å². The van der Waals surface area contributed by atoms with Crippen molar-refractivity contribution in [1.82, 2.24) is 19.8 Å². The minimum absolute atomic E-state index is 0.190. The van der Waals surface area contributed by atoms with Crippen molar-refractivity contribution >= 4 is 11.7 Å².